The first-order valence-corrected chi connectivity index (χ1v) is 36.3. The lowest BCUT2D eigenvalue weighted by molar-refractivity contribution is -0.124. The summed E-state index contributed by atoms with van der Waals surface area (Å²) in [6.45, 7) is 23.3. The van der Waals surface area contributed by atoms with E-state index < -0.39 is 59.7 Å². The number of epoxide rings is 4. The van der Waals surface area contributed by atoms with E-state index in [2.05, 4.69) is 39.2 Å². The molecular formula is C66H124N8O24. The van der Waals surface area contributed by atoms with Gasteiger partial charge in [0.25, 0.3) is 0 Å². The van der Waals surface area contributed by atoms with Crippen molar-refractivity contribution in [2.24, 2.45) is 10.8 Å². The van der Waals surface area contributed by atoms with Crippen LogP contribution in [0, 0.1) is 10.8 Å². The van der Waals surface area contributed by atoms with Crippen molar-refractivity contribution >= 4 is 0 Å². The Morgan fingerprint density at radius 2 is 0.388 bits per heavy atom. The highest BCUT2D eigenvalue weighted by Crippen LogP contribution is 2.26. The summed E-state index contributed by atoms with van der Waals surface area (Å²) < 4.78 is 94.4. The van der Waals surface area contributed by atoms with Gasteiger partial charge in [0.1, 0.15) is 24.4 Å². The van der Waals surface area contributed by atoms with Crippen LogP contribution in [0.4, 0.5) is 0 Å². The van der Waals surface area contributed by atoms with Gasteiger partial charge < -0.3 is 117 Å². The fourth-order valence-electron chi connectivity index (χ4n) is 13.0. The zero-order valence-corrected chi connectivity index (χ0v) is 58.4. The molecule has 0 amide bonds. The van der Waals surface area contributed by atoms with Crippen molar-refractivity contribution in [2.45, 2.75) is 73.2 Å². The Kier molecular flexibility index (Phi) is 36.8. The molecule has 572 valence electrons. The summed E-state index contributed by atoms with van der Waals surface area (Å²) in [5.74, 6) is 0. The zero-order chi connectivity index (χ0) is 68.6. The van der Waals surface area contributed by atoms with Crippen LogP contribution in [-0.2, 0) is 75.8 Å². The van der Waals surface area contributed by atoms with E-state index in [1.807, 2.05) is 0 Å². The minimum atomic E-state index is -0.754. The van der Waals surface area contributed by atoms with Crippen LogP contribution in [0.25, 0.3) is 0 Å². The molecular weight excluding hydrogens is 1290 g/mol. The lowest BCUT2D eigenvalue weighted by Gasteiger charge is -2.37. The summed E-state index contributed by atoms with van der Waals surface area (Å²) in [7, 11) is 0. The second kappa shape index (κ2) is 44.6. The summed E-state index contributed by atoms with van der Waals surface area (Å²) in [5, 5.41) is 88.2. The maximum atomic E-state index is 11.2. The summed E-state index contributed by atoms with van der Waals surface area (Å²) in [4.78, 5) is 17.6. The van der Waals surface area contributed by atoms with Gasteiger partial charge in [-0.3, -0.25) is 39.2 Å². The predicted octanol–water partition coefficient (Wildman–Crippen LogP) is -6.88. The molecule has 0 aromatic carbocycles. The van der Waals surface area contributed by atoms with E-state index in [4.69, 9.17) is 75.8 Å². The highest BCUT2D eigenvalue weighted by molar-refractivity contribution is 4.86. The molecule has 32 nitrogen and oxygen atoms in total. The molecule has 12 atom stereocenters. The quantitative estimate of drug-likeness (QED) is 0.0666. The SMILES string of the molecule is OC1COCCOCC(O)CN2CCN(CC2)CC(O)COCC(COCC2CO2)(COCC2CO2)COCC(O)CN2CCN(CC2)CC(O)COCCOCC(O)CN2CCN(CC2)CC(O)COCC(COCC2CO2)(COCC2CO2)COCC(O)CN2CCN(CC2)C1. The molecule has 0 spiro atoms. The van der Waals surface area contributed by atoms with Crippen LogP contribution < -0.4 is 0 Å². The molecule has 15 heterocycles. The molecule has 8 N–H and O–H groups in total. The number of nitrogens with zero attached hydrogens (tertiary/aromatic N) is 8. The Labute approximate surface area is 580 Å². The Bertz CT molecular complexity index is 1780. The minimum absolute atomic E-state index is 0.0548. The van der Waals surface area contributed by atoms with Gasteiger partial charge >= 0.3 is 0 Å². The fourth-order valence-corrected chi connectivity index (χ4v) is 13.0. The maximum Gasteiger partial charge on any atom is 0.104 e. The van der Waals surface area contributed by atoms with Gasteiger partial charge in [0.05, 0.1) is 245 Å². The molecule has 8 bridgehead atoms. The van der Waals surface area contributed by atoms with E-state index in [9.17, 15) is 40.9 Å². The molecule has 0 saturated carbocycles. The molecule has 98 heavy (non-hydrogen) atoms. The Morgan fingerprint density at radius 1 is 0.235 bits per heavy atom. The molecule has 15 aliphatic rings. The van der Waals surface area contributed by atoms with E-state index in [1.54, 1.807) is 0 Å². The number of aliphatic hydroxyl groups is 8. The molecule has 15 aliphatic heterocycles. The van der Waals surface area contributed by atoms with Gasteiger partial charge in [-0.2, -0.15) is 0 Å². The molecule has 0 radical (unpaired) electrons. The molecule has 32 heteroatoms. The zero-order valence-electron chi connectivity index (χ0n) is 58.4. The van der Waals surface area contributed by atoms with Crippen LogP contribution in [0.3, 0.4) is 0 Å². The van der Waals surface area contributed by atoms with Gasteiger partial charge in [-0.05, 0) is 0 Å². The topological polar surface area (TPSA) is 349 Å². The van der Waals surface area contributed by atoms with Crippen molar-refractivity contribution in [2.75, 3.05) is 342 Å². The molecule has 0 aromatic rings. The first-order chi connectivity index (χ1) is 47.7. The third-order valence-electron chi connectivity index (χ3n) is 18.9. The standard InChI is InChI=1S/C66H124N8O24/c75-53-21-67-1-9-71(10-2-67)25-57(79)33-87-45-65(49-91-37-61-41-95-61,50-92-38-62-42-96-62)46-88-34-58(80)26-72-13-5-69(6-14-72)23-55(77)31-85-19-20-86-32-56(78)24-70-7-15-74(16-8-70)28-60(82)36-90-48-66(51-93-39-63-43-97-63,52-94-40-64-44-98-64)47-89-35-59(81)27-73-11-3-68(4-12-73)22-54(76)30-84-18-17-83-29-53/h53-64,75-82H,1-52H2. The van der Waals surface area contributed by atoms with Crippen molar-refractivity contribution in [1.29, 1.82) is 0 Å². The number of piperazine rings is 4. The van der Waals surface area contributed by atoms with Gasteiger partial charge in [-0.25, -0.2) is 0 Å². The Hall–Kier alpha value is -1.28. The predicted molar refractivity (Wildman–Crippen MR) is 353 cm³/mol. The number of rotatable bonds is 16. The van der Waals surface area contributed by atoms with E-state index in [0.29, 0.717) is 105 Å². The number of aliphatic hydroxyl groups excluding tert-OH is 8. The van der Waals surface area contributed by atoms with E-state index in [-0.39, 0.29) is 157 Å². The van der Waals surface area contributed by atoms with Gasteiger partial charge in [0.2, 0.25) is 0 Å². The summed E-state index contributed by atoms with van der Waals surface area (Å²) >= 11 is 0. The number of hydrogen-bond donors (Lipinski definition) is 8. The summed E-state index contributed by atoms with van der Waals surface area (Å²) in [6.07, 6.45) is -5.54. The van der Waals surface area contributed by atoms with Crippen molar-refractivity contribution in [3.63, 3.8) is 0 Å². The second-order valence-electron chi connectivity index (χ2n) is 28.9. The van der Waals surface area contributed by atoms with Gasteiger partial charge in [0.15, 0.2) is 0 Å². The third-order valence-corrected chi connectivity index (χ3v) is 18.9. The Balaban J connectivity index is 0.713. The fraction of sp³-hybridized carbons (Fsp3) is 1.00. The van der Waals surface area contributed by atoms with Crippen molar-refractivity contribution in [3.05, 3.63) is 0 Å². The summed E-state index contributed by atoms with van der Waals surface area (Å²) in [5.41, 5.74) is -1.48. The van der Waals surface area contributed by atoms with Crippen LogP contribution in [0.15, 0.2) is 0 Å². The van der Waals surface area contributed by atoms with Crippen LogP contribution in [0.2, 0.25) is 0 Å². The first-order valence-electron chi connectivity index (χ1n) is 36.3. The molecule has 15 fully saturated rings. The van der Waals surface area contributed by atoms with Crippen LogP contribution in [0.5, 0.6) is 0 Å². The highest BCUT2D eigenvalue weighted by Gasteiger charge is 2.39. The molecule has 12 unspecified atom stereocenters. The van der Waals surface area contributed by atoms with E-state index >= 15 is 0 Å². The largest absolute Gasteiger partial charge is 0.389 e. The molecule has 15 rings (SSSR count). The Morgan fingerprint density at radius 3 is 0.541 bits per heavy atom. The monoisotopic (exact) mass is 1410 g/mol. The molecule has 0 aromatic heterocycles. The molecule has 0 aliphatic carbocycles. The van der Waals surface area contributed by atoms with Gasteiger partial charge in [-0.15, -0.1) is 0 Å². The van der Waals surface area contributed by atoms with Crippen molar-refractivity contribution in [1.82, 2.24) is 39.2 Å². The normalized spacial score (nSPS) is 41.4. The average molecular weight is 1410 g/mol. The number of hydrogen-bond acceptors (Lipinski definition) is 32. The lowest BCUT2D eigenvalue weighted by atomic mass is 9.92. The van der Waals surface area contributed by atoms with Crippen molar-refractivity contribution in [3.8, 4) is 0 Å². The van der Waals surface area contributed by atoms with Crippen LogP contribution in [-0.4, -0.2) is 495 Å². The second-order valence-corrected chi connectivity index (χ2v) is 28.9. The van der Waals surface area contributed by atoms with E-state index in [1.165, 1.54) is 0 Å². The van der Waals surface area contributed by atoms with E-state index in [0.717, 1.165) is 105 Å². The summed E-state index contributed by atoms with van der Waals surface area (Å²) in [6, 6.07) is 0. The highest BCUT2D eigenvalue weighted by atomic mass is 16.6. The maximum absolute atomic E-state index is 11.2. The van der Waals surface area contributed by atoms with Crippen molar-refractivity contribution < 1.29 is 117 Å². The van der Waals surface area contributed by atoms with Crippen LogP contribution in [0.1, 0.15) is 0 Å². The first kappa shape index (κ1) is 80.8. The van der Waals surface area contributed by atoms with Gasteiger partial charge in [0, 0.05) is 157 Å². The van der Waals surface area contributed by atoms with Gasteiger partial charge in [-0.1, -0.05) is 0 Å². The smallest absolute Gasteiger partial charge is 0.104 e. The van der Waals surface area contributed by atoms with Crippen LogP contribution >= 0.6 is 0 Å². The third kappa shape index (κ3) is 33.9. The lowest BCUT2D eigenvalue weighted by Crippen LogP contribution is -2.51. The number of ether oxygens (including phenoxy) is 16. The average Bonchev–Trinajstić information content (AvgIpc) is 1.74. The molecule has 15 saturated heterocycles. The minimum Gasteiger partial charge on any atom is -0.389 e.